The third-order valence-corrected chi connectivity index (χ3v) is 5.30. The molecule has 2 heterocycles. The second-order valence-electron chi connectivity index (χ2n) is 7.01. The topological polar surface area (TPSA) is 88.2 Å². The first-order valence-corrected chi connectivity index (χ1v) is 9.99. The Labute approximate surface area is 178 Å². The lowest BCUT2D eigenvalue weighted by molar-refractivity contribution is -0.122. The number of methoxy groups -OCH3 is 1. The highest BCUT2D eigenvalue weighted by atomic mass is 35.5. The number of carbonyl (C=O) groups excluding carboxylic acids is 1. The molecule has 0 radical (unpaired) electrons. The number of rotatable bonds is 6. The lowest BCUT2D eigenvalue weighted by Gasteiger charge is -2.14. The third kappa shape index (κ3) is 4.29. The van der Waals surface area contributed by atoms with Crippen LogP contribution < -0.4 is 20.7 Å². The molecule has 1 atom stereocenters. The average Bonchev–Trinajstić information content (AvgIpc) is 3.29. The van der Waals surface area contributed by atoms with Gasteiger partial charge in [-0.1, -0.05) is 17.7 Å². The summed E-state index contributed by atoms with van der Waals surface area (Å²) in [5.41, 5.74) is 1.63. The van der Waals surface area contributed by atoms with Crippen molar-refractivity contribution in [3.8, 4) is 5.75 Å². The van der Waals surface area contributed by atoms with Crippen LogP contribution in [0.2, 0.25) is 5.02 Å². The number of carbonyl (C=O) groups is 1. The average molecular weight is 430 g/mol. The van der Waals surface area contributed by atoms with E-state index in [4.69, 9.17) is 16.3 Å². The van der Waals surface area contributed by atoms with Crippen LogP contribution in [0.5, 0.6) is 5.75 Å². The predicted molar refractivity (Wildman–Crippen MR) is 114 cm³/mol. The van der Waals surface area contributed by atoms with Crippen molar-refractivity contribution in [3.05, 3.63) is 52.9 Å². The fourth-order valence-corrected chi connectivity index (χ4v) is 3.60. The maximum atomic E-state index is 14.1. The second-order valence-corrected chi connectivity index (χ2v) is 7.42. The molecule has 3 N–H and O–H groups in total. The molecule has 1 aromatic heterocycles. The molecule has 0 unspecified atom stereocenters. The number of benzene rings is 2. The first kappa shape index (κ1) is 20.3. The molecule has 0 bridgehead atoms. The van der Waals surface area contributed by atoms with E-state index in [1.165, 1.54) is 6.07 Å². The molecular formula is C21H21ClFN5O2. The molecule has 30 heavy (non-hydrogen) atoms. The summed E-state index contributed by atoms with van der Waals surface area (Å²) in [5, 5.41) is 9.76. The lowest BCUT2D eigenvalue weighted by Crippen LogP contribution is -2.40. The zero-order valence-electron chi connectivity index (χ0n) is 16.3. The van der Waals surface area contributed by atoms with Crippen molar-refractivity contribution in [2.75, 3.05) is 19.0 Å². The van der Waals surface area contributed by atoms with Gasteiger partial charge in [0.05, 0.1) is 29.4 Å². The second kappa shape index (κ2) is 8.81. The van der Waals surface area contributed by atoms with E-state index >= 15 is 0 Å². The maximum Gasteiger partial charge on any atom is 0.237 e. The third-order valence-electron chi connectivity index (χ3n) is 5.01. The van der Waals surface area contributed by atoms with Gasteiger partial charge in [-0.15, -0.1) is 0 Å². The molecule has 3 aromatic rings. The van der Waals surface area contributed by atoms with Crippen molar-refractivity contribution in [1.82, 2.24) is 20.6 Å². The minimum atomic E-state index is -0.566. The van der Waals surface area contributed by atoms with Gasteiger partial charge in [0, 0.05) is 29.8 Å². The van der Waals surface area contributed by atoms with E-state index in [9.17, 15) is 9.18 Å². The Bertz CT molecular complexity index is 1090. The van der Waals surface area contributed by atoms with Gasteiger partial charge in [0.25, 0.3) is 0 Å². The van der Waals surface area contributed by atoms with Gasteiger partial charge in [-0.2, -0.15) is 0 Å². The zero-order valence-corrected chi connectivity index (χ0v) is 17.1. The van der Waals surface area contributed by atoms with Gasteiger partial charge in [-0.3, -0.25) is 4.79 Å². The molecule has 7 nitrogen and oxygen atoms in total. The molecule has 1 amide bonds. The minimum absolute atomic E-state index is 0.0157. The van der Waals surface area contributed by atoms with Crippen molar-refractivity contribution in [2.24, 2.45) is 0 Å². The van der Waals surface area contributed by atoms with Gasteiger partial charge in [0.15, 0.2) is 5.82 Å². The molecule has 1 aliphatic rings. The van der Waals surface area contributed by atoms with E-state index in [0.29, 0.717) is 17.8 Å². The molecular weight excluding hydrogens is 409 g/mol. The highest BCUT2D eigenvalue weighted by Crippen LogP contribution is 2.27. The van der Waals surface area contributed by atoms with E-state index in [2.05, 4.69) is 25.9 Å². The molecule has 1 fully saturated rings. The van der Waals surface area contributed by atoms with Crippen LogP contribution in [0.25, 0.3) is 10.9 Å². The van der Waals surface area contributed by atoms with Crippen LogP contribution in [0.3, 0.4) is 0 Å². The predicted octanol–water partition coefficient (Wildman–Crippen LogP) is 3.54. The molecule has 1 aliphatic heterocycles. The lowest BCUT2D eigenvalue weighted by atomic mass is 10.1. The molecule has 0 saturated carbocycles. The number of hydrogen-bond acceptors (Lipinski definition) is 6. The molecule has 0 aliphatic carbocycles. The molecule has 156 valence electrons. The van der Waals surface area contributed by atoms with Crippen LogP contribution in [0.15, 0.2) is 36.5 Å². The largest absolute Gasteiger partial charge is 0.496 e. The highest BCUT2D eigenvalue weighted by molar-refractivity contribution is 6.31. The number of fused-ring (bicyclic) bond motifs is 1. The summed E-state index contributed by atoms with van der Waals surface area (Å²) in [6.07, 6.45) is 3.48. The monoisotopic (exact) mass is 429 g/mol. The zero-order chi connectivity index (χ0) is 21.1. The van der Waals surface area contributed by atoms with Crippen LogP contribution >= 0.6 is 11.6 Å². The number of ether oxygens (including phenoxy) is 1. The van der Waals surface area contributed by atoms with Gasteiger partial charge >= 0.3 is 0 Å². The molecule has 2 aromatic carbocycles. The smallest absolute Gasteiger partial charge is 0.237 e. The Morgan fingerprint density at radius 1 is 1.40 bits per heavy atom. The number of amides is 1. The summed E-state index contributed by atoms with van der Waals surface area (Å²) >= 11 is 5.82. The summed E-state index contributed by atoms with van der Waals surface area (Å²) in [5.74, 6) is 0.247. The van der Waals surface area contributed by atoms with Gasteiger partial charge in [-0.05, 0) is 37.6 Å². The number of anilines is 2. The normalized spacial score (nSPS) is 15.9. The van der Waals surface area contributed by atoms with E-state index in [0.717, 1.165) is 30.3 Å². The van der Waals surface area contributed by atoms with Gasteiger partial charge in [-0.25, -0.2) is 14.4 Å². The quantitative estimate of drug-likeness (QED) is 0.555. The molecule has 1 saturated heterocycles. The fraction of sp³-hybridized carbons (Fsp3) is 0.286. The maximum absolute atomic E-state index is 14.1. The standard InChI is InChI=1S/C21H21ClFN5O2/c1-30-18-9-17-12(8-13(18)11-25-20(29)16-6-3-7-24-16)10-26-21(28-17)27-15-5-2-4-14(22)19(15)23/h2,4-5,8-10,16,24H,3,6-7,11H2,1H3,(H,25,29)(H,26,27,28)/t16-/m0/s1. The SMILES string of the molecule is COc1cc2nc(Nc3cccc(Cl)c3F)ncc2cc1CNC(=O)[C@@H]1CCCN1. The summed E-state index contributed by atoms with van der Waals surface area (Å²) in [6, 6.07) is 8.17. The number of nitrogens with zero attached hydrogens (tertiary/aromatic N) is 2. The number of nitrogens with one attached hydrogen (secondary N) is 3. The van der Waals surface area contributed by atoms with Gasteiger partial charge in [0.1, 0.15) is 5.75 Å². The van der Waals surface area contributed by atoms with Crippen molar-refractivity contribution < 1.29 is 13.9 Å². The molecule has 0 spiro atoms. The van der Waals surface area contributed by atoms with E-state index in [1.54, 1.807) is 31.5 Å². The molecule has 4 rings (SSSR count). The first-order chi connectivity index (χ1) is 14.5. The van der Waals surface area contributed by atoms with Crippen LogP contribution in [0, 0.1) is 5.82 Å². The van der Waals surface area contributed by atoms with Crippen molar-refractivity contribution in [2.45, 2.75) is 25.4 Å². The van der Waals surface area contributed by atoms with E-state index < -0.39 is 5.82 Å². The van der Waals surface area contributed by atoms with Gasteiger partial charge in [0.2, 0.25) is 11.9 Å². The van der Waals surface area contributed by atoms with E-state index in [1.807, 2.05) is 6.07 Å². The Morgan fingerprint density at radius 3 is 3.03 bits per heavy atom. The number of halogens is 2. The fourth-order valence-electron chi connectivity index (χ4n) is 3.43. The summed E-state index contributed by atoms with van der Waals surface area (Å²) in [7, 11) is 1.56. The van der Waals surface area contributed by atoms with Crippen molar-refractivity contribution in [1.29, 1.82) is 0 Å². The van der Waals surface area contributed by atoms with Crippen LogP contribution in [-0.4, -0.2) is 35.6 Å². The Hall–Kier alpha value is -2.97. The Balaban J connectivity index is 1.55. The van der Waals surface area contributed by atoms with Crippen LogP contribution in [-0.2, 0) is 11.3 Å². The Kier molecular flexibility index (Phi) is 5.96. The van der Waals surface area contributed by atoms with Crippen LogP contribution in [0.1, 0.15) is 18.4 Å². The first-order valence-electron chi connectivity index (χ1n) is 9.61. The summed E-state index contributed by atoms with van der Waals surface area (Å²) in [6.45, 7) is 1.20. The van der Waals surface area contributed by atoms with E-state index in [-0.39, 0.29) is 28.6 Å². The number of aromatic nitrogens is 2. The summed E-state index contributed by atoms with van der Waals surface area (Å²) in [4.78, 5) is 21.0. The minimum Gasteiger partial charge on any atom is -0.496 e. The summed E-state index contributed by atoms with van der Waals surface area (Å²) < 4.78 is 19.6. The molecule has 9 heteroatoms. The van der Waals surface area contributed by atoms with Crippen molar-refractivity contribution >= 4 is 40.0 Å². The van der Waals surface area contributed by atoms with Crippen molar-refractivity contribution in [3.63, 3.8) is 0 Å². The number of hydrogen-bond donors (Lipinski definition) is 3. The highest BCUT2D eigenvalue weighted by Gasteiger charge is 2.22. The van der Waals surface area contributed by atoms with Gasteiger partial charge < -0.3 is 20.7 Å². The Morgan fingerprint density at radius 2 is 2.27 bits per heavy atom. The van der Waals surface area contributed by atoms with Crippen LogP contribution in [0.4, 0.5) is 16.0 Å².